The first-order valence-corrected chi connectivity index (χ1v) is 7.53. The van der Waals surface area contributed by atoms with Gasteiger partial charge in [0.1, 0.15) is 17.9 Å². The van der Waals surface area contributed by atoms with E-state index < -0.39 is 0 Å². The van der Waals surface area contributed by atoms with Crippen LogP contribution in [-0.2, 0) is 9.53 Å². The molecule has 0 aliphatic carbocycles. The van der Waals surface area contributed by atoms with Gasteiger partial charge in [0.15, 0.2) is 11.5 Å². The van der Waals surface area contributed by atoms with Crippen molar-refractivity contribution in [2.45, 2.75) is 25.5 Å². The molecule has 2 aromatic carbocycles. The number of anilines is 1. The van der Waals surface area contributed by atoms with Gasteiger partial charge in [-0.1, -0.05) is 12.1 Å². The van der Waals surface area contributed by atoms with Crippen LogP contribution in [0.25, 0.3) is 0 Å². The fourth-order valence-corrected chi connectivity index (χ4v) is 2.53. The summed E-state index contributed by atoms with van der Waals surface area (Å²) < 4.78 is 16.2. The highest BCUT2D eigenvalue weighted by atomic mass is 16.6. The Kier molecular flexibility index (Phi) is 4.37. The van der Waals surface area contributed by atoms with Gasteiger partial charge in [0.25, 0.3) is 0 Å². The summed E-state index contributed by atoms with van der Waals surface area (Å²) in [7, 11) is 1.61. The Morgan fingerprint density at radius 1 is 1.09 bits per heavy atom. The Labute approximate surface area is 135 Å². The van der Waals surface area contributed by atoms with E-state index in [4.69, 9.17) is 14.2 Å². The second-order valence-corrected chi connectivity index (χ2v) is 5.46. The number of esters is 1. The zero-order valence-corrected chi connectivity index (χ0v) is 13.1. The third-order valence-electron chi connectivity index (χ3n) is 3.66. The summed E-state index contributed by atoms with van der Waals surface area (Å²) in [6.07, 6.45) is 0.645. The lowest BCUT2D eigenvalue weighted by molar-refractivity contribution is -0.141. The maximum absolute atomic E-state index is 11.6. The molecule has 0 unspecified atom stereocenters. The molecule has 0 bridgehead atoms. The van der Waals surface area contributed by atoms with E-state index in [1.54, 1.807) is 7.11 Å². The Morgan fingerprint density at radius 3 is 2.39 bits per heavy atom. The third kappa shape index (κ3) is 3.56. The SMILES string of the molecule is COc1ccccc1Oc1ccc(N[C@H]2C[C@@H](C)OC2=O)cc1. The fraction of sp³-hybridized carbons (Fsp3) is 0.278. The van der Waals surface area contributed by atoms with Crippen LogP contribution in [-0.4, -0.2) is 25.2 Å². The Bertz CT molecular complexity index is 684. The molecule has 1 aliphatic rings. The minimum atomic E-state index is -0.286. The number of carbonyl (C=O) groups excluding carboxylic acids is 1. The highest BCUT2D eigenvalue weighted by Crippen LogP contribution is 2.31. The number of methoxy groups -OCH3 is 1. The van der Waals surface area contributed by atoms with Gasteiger partial charge < -0.3 is 19.5 Å². The van der Waals surface area contributed by atoms with Gasteiger partial charge >= 0.3 is 5.97 Å². The summed E-state index contributed by atoms with van der Waals surface area (Å²) >= 11 is 0. The molecular formula is C18H19NO4. The molecule has 0 aromatic heterocycles. The second-order valence-electron chi connectivity index (χ2n) is 5.46. The molecule has 120 valence electrons. The van der Waals surface area contributed by atoms with E-state index in [0.717, 1.165) is 5.69 Å². The number of benzene rings is 2. The van der Waals surface area contributed by atoms with Gasteiger partial charge in [0, 0.05) is 12.1 Å². The minimum Gasteiger partial charge on any atom is -0.493 e. The third-order valence-corrected chi connectivity index (χ3v) is 3.66. The van der Waals surface area contributed by atoms with Gasteiger partial charge in [0.05, 0.1) is 7.11 Å². The number of hydrogen-bond donors (Lipinski definition) is 1. The van der Waals surface area contributed by atoms with Crippen molar-refractivity contribution < 1.29 is 19.0 Å². The van der Waals surface area contributed by atoms with Crippen LogP contribution in [0.3, 0.4) is 0 Å². The molecule has 2 aromatic rings. The Hall–Kier alpha value is -2.69. The van der Waals surface area contributed by atoms with E-state index >= 15 is 0 Å². The molecule has 2 atom stereocenters. The summed E-state index contributed by atoms with van der Waals surface area (Å²) in [4.78, 5) is 11.6. The highest BCUT2D eigenvalue weighted by molar-refractivity contribution is 5.81. The first-order valence-electron chi connectivity index (χ1n) is 7.53. The number of hydrogen-bond acceptors (Lipinski definition) is 5. The van der Waals surface area contributed by atoms with Gasteiger partial charge in [-0.25, -0.2) is 4.79 Å². The van der Waals surface area contributed by atoms with Crippen molar-refractivity contribution in [1.29, 1.82) is 0 Å². The summed E-state index contributed by atoms with van der Waals surface area (Å²) in [6.45, 7) is 1.89. The van der Waals surface area contributed by atoms with E-state index in [0.29, 0.717) is 23.7 Å². The lowest BCUT2D eigenvalue weighted by Gasteiger charge is -2.12. The molecule has 1 aliphatic heterocycles. The number of para-hydroxylation sites is 2. The van der Waals surface area contributed by atoms with Gasteiger partial charge in [-0.15, -0.1) is 0 Å². The quantitative estimate of drug-likeness (QED) is 0.855. The summed E-state index contributed by atoms with van der Waals surface area (Å²) in [6, 6.07) is 14.6. The molecule has 0 spiro atoms. The molecule has 3 rings (SSSR count). The maximum Gasteiger partial charge on any atom is 0.328 e. The number of cyclic esters (lactones) is 1. The second kappa shape index (κ2) is 6.60. The molecule has 0 amide bonds. The lowest BCUT2D eigenvalue weighted by Crippen LogP contribution is -2.24. The number of rotatable bonds is 5. The number of ether oxygens (including phenoxy) is 3. The van der Waals surface area contributed by atoms with E-state index in [1.165, 1.54) is 0 Å². The van der Waals surface area contributed by atoms with Gasteiger partial charge in [0.2, 0.25) is 0 Å². The van der Waals surface area contributed by atoms with Crippen molar-refractivity contribution in [3.05, 3.63) is 48.5 Å². The van der Waals surface area contributed by atoms with Crippen LogP contribution < -0.4 is 14.8 Å². The first kappa shape index (κ1) is 15.2. The predicted octanol–water partition coefficient (Wildman–Crippen LogP) is 3.60. The molecule has 0 radical (unpaired) electrons. The molecule has 23 heavy (non-hydrogen) atoms. The average Bonchev–Trinajstić information content (AvgIpc) is 2.87. The van der Waals surface area contributed by atoms with Crippen molar-refractivity contribution in [3.8, 4) is 17.2 Å². The van der Waals surface area contributed by atoms with E-state index in [2.05, 4.69) is 5.32 Å². The van der Waals surface area contributed by atoms with Crippen LogP contribution in [0.1, 0.15) is 13.3 Å². The number of nitrogens with one attached hydrogen (secondary N) is 1. The smallest absolute Gasteiger partial charge is 0.328 e. The van der Waals surface area contributed by atoms with Crippen LogP contribution in [0.15, 0.2) is 48.5 Å². The van der Waals surface area contributed by atoms with Crippen molar-refractivity contribution in [1.82, 2.24) is 0 Å². The van der Waals surface area contributed by atoms with E-state index in [9.17, 15) is 4.79 Å². The molecule has 0 saturated carbocycles. The van der Waals surface area contributed by atoms with E-state index in [-0.39, 0.29) is 18.1 Å². The summed E-state index contributed by atoms with van der Waals surface area (Å²) in [5, 5.41) is 3.18. The Morgan fingerprint density at radius 2 is 1.78 bits per heavy atom. The topological polar surface area (TPSA) is 56.8 Å². The zero-order valence-electron chi connectivity index (χ0n) is 13.1. The first-order chi connectivity index (χ1) is 11.2. The van der Waals surface area contributed by atoms with Gasteiger partial charge in [-0.2, -0.15) is 0 Å². The minimum absolute atomic E-state index is 0.0341. The standard InChI is InChI=1S/C18H19NO4/c1-12-11-15(18(20)22-12)19-13-7-9-14(10-8-13)23-17-6-4-3-5-16(17)21-2/h3-10,12,15,19H,11H2,1-2H3/t12-,15+/m1/s1. The fourth-order valence-electron chi connectivity index (χ4n) is 2.53. The predicted molar refractivity (Wildman–Crippen MR) is 87.1 cm³/mol. The molecule has 1 fully saturated rings. The monoisotopic (exact) mass is 313 g/mol. The molecule has 1 N–H and O–H groups in total. The van der Waals surface area contributed by atoms with Gasteiger partial charge in [-0.3, -0.25) is 0 Å². The average molecular weight is 313 g/mol. The zero-order chi connectivity index (χ0) is 16.2. The van der Waals surface area contributed by atoms with Crippen LogP contribution in [0.2, 0.25) is 0 Å². The molecule has 1 saturated heterocycles. The normalized spacial score (nSPS) is 20.0. The van der Waals surface area contributed by atoms with E-state index in [1.807, 2.05) is 55.5 Å². The molecular weight excluding hydrogens is 294 g/mol. The highest BCUT2D eigenvalue weighted by Gasteiger charge is 2.31. The van der Waals surface area contributed by atoms with Crippen molar-refractivity contribution >= 4 is 11.7 Å². The summed E-state index contributed by atoms with van der Waals surface area (Å²) in [5.41, 5.74) is 0.855. The number of carbonyl (C=O) groups is 1. The van der Waals surface area contributed by atoms with Crippen LogP contribution in [0.4, 0.5) is 5.69 Å². The van der Waals surface area contributed by atoms with Crippen molar-refractivity contribution in [2.24, 2.45) is 0 Å². The van der Waals surface area contributed by atoms with Crippen LogP contribution in [0, 0.1) is 0 Å². The molecule has 5 heteroatoms. The van der Waals surface area contributed by atoms with Crippen LogP contribution in [0.5, 0.6) is 17.2 Å². The lowest BCUT2D eigenvalue weighted by atomic mass is 10.2. The maximum atomic E-state index is 11.6. The van der Waals surface area contributed by atoms with Crippen molar-refractivity contribution in [3.63, 3.8) is 0 Å². The van der Waals surface area contributed by atoms with Gasteiger partial charge in [-0.05, 0) is 43.3 Å². The largest absolute Gasteiger partial charge is 0.493 e. The summed E-state index contributed by atoms with van der Waals surface area (Å²) in [5.74, 6) is 1.83. The Balaban J connectivity index is 1.66. The van der Waals surface area contributed by atoms with Crippen LogP contribution >= 0.6 is 0 Å². The van der Waals surface area contributed by atoms with Crippen molar-refractivity contribution in [2.75, 3.05) is 12.4 Å². The molecule has 1 heterocycles. The molecule has 5 nitrogen and oxygen atoms in total.